The van der Waals surface area contributed by atoms with Gasteiger partial charge in [0.25, 0.3) is 17.4 Å². The van der Waals surface area contributed by atoms with Gasteiger partial charge < -0.3 is 0 Å². The molecule has 0 aromatic carbocycles. The number of nitrogens with zero attached hydrogens (tertiary/aromatic N) is 2. The van der Waals surface area contributed by atoms with Crippen molar-refractivity contribution in [1.82, 2.24) is 4.98 Å². The first-order chi connectivity index (χ1) is 7.36. The number of nitro groups is 1. The average molecular weight is 251 g/mol. The van der Waals surface area contributed by atoms with E-state index in [0.29, 0.717) is 0 Å². The van der Waals surface area contributed by atoms with Crippen molar-refractivity contribution in [2.75, 3.05) is 0 Å². The molecule has 1 aromatic heterocycles. The molecule has 0 bridgehead atoms. The van der Waals surface area contributed by atoms with E-state index in [2.05, 4.69) is 4.98 Å². The van der Waals surface area contributed by atoms with E-state index in [9.17, 15) is 23.7 Å². The number of alkyl halides is 2. The van der Waals surface area contributed by atoms with Crippen molar-refractivity contribution < 1.29 is 18.5 Å². The Kier molecular flexibility index (Phi) is 3.48. The van der Waals surface area contributed by atoms with Crippen LogP contribution >= 0.6 is 11.6 Å². The summed E-state index contributed by atoms with van der Waals surface area (Å²) in [7, 11) is 0. The fourth-order valence-corrected chi connectivity index (χ4v) is 1.37. The summed E-state index contributed by atoms with van der Waals surface area (Å²) in [5, 5.41) is 9.31. The topological polar surface area (TPSA) is 73.1 Å². The maximum Gasteiger partial charge on any atom is 0.290 e. The lowest BCUT2D eigenvalue weighted by atomic mass is 10.1. The van der Waals surface area contributed by atoms with Crippen molar-refractivity contribution in [3.8, 4) is 0 Å². The number of carbonyl (C=O) groups is 1. The van der Waals surface area contributed by atoms with Gasteiger partial charge in [-0.05, 0) is 18.5 Å². The van der Waals surface area contributed by atoms with Crippen molar-refractivity contribution in [2.45, 2.75) is 13.3 Å². The molecule has 0 aliphatic heterocycles. The molecular weight excluding hydrogens is 246 g/mol. The highest BCUT2D eigenvalue weighted by atomic mass is 35.5. The van der Waals surface area contributed by atoms with E-state index >= 15 is 0 Å². The Bertz CT molecular complexity index is 465. The third-order valence-corrected chi connectivity index (χ3v) is 2.14. The monoisotopic (exact) mass is 250 g/mol. The molecule has 0 unspecified atom stereocenters. The van der Waals surface area contributed by atoms with Crippen LogP contribution in [0, 0.1) is 17.0 Å². The van der Waals surface area contributed by atoms with Gasteiger partial charge >= 0.3 is 0 Å². The van der Waals surface area contributed by atoms with E-state index in [-0.39, 0.29) is 5.56 Å². The Balaban J connectivity index is 3.54. The quantitative estimate of drug-likeness (QED) is 0.469. The zero-order valence-electron chi connectivity index (χ0n) is 7.91. The number of rotatable bonds is 3. The SMILES string of the molecule is Cc1c([N+](=O)[O-])cnc(C(=O)Cl)c1C(F)F. The molecule has 16 heavy (non-hydrogen) atoms. The summed E-state index contributed by atoms with van der Waals surface area (Å²) < 4.78 is 25.2. The summed E-state index contributed by atoms with van der Waals surface area (Å²) in [4.78, 5) is 23.7. The van der Waals surface area contributed by atoms with Crippen LogP contribution in [0.1, 0.15) is 28.0 Å². The van der Waals surface area contributed by atoms with Gasteiger partial charge in [0.1, 0.15) is 11.9 Å². The molecule has 0 radical (unpaired) electrons. The number of aromatic nitrogens is 1. The zero-order valence-corrected chi connectivity index (χ0v) is 8.66. The van der Waals surface area contributed by atoms with Gasteiger partial charge in [-0.1, -0.05) is 0 Å². The highest BCUT2D eigenvalue weighted by molar-refractivity contribution is 6.67. The molecule has 0 aliphatic carbocycles. The zero-order chi connectivity index (χ0) is 12.5. The van der Waals surface area contributed by atoms with E-state index in [1.54, 1.807) is 0 Å². The highest BCUT2D eigenvalue weighted by Gasteiger charge is 2.27. The molecule has 0 N–H and O–H groups in total. The molecule has 0 aliphatic rings. The molecule has 0 atom stereocenters. The molecule has 0 saturated heterocycles. The fraction of sp³-hybridized carbons (Fsp3) is 0.250. The van der Waals surface area contributed by atoms with Crippen molar-refractivity contribution in [2.24, 2.45) is 0 Å². The molecule has 0 saturated carbocycles. The second-order valence-corrected chi connectivity index (χ2v) is 3.21. The van der Waals surface area contributed by atoms with Gasteiger partial charge in [-0.15, -0.1) is 0 Å². The number of pyridine rings is 1. The van der Waals surface area contributed by atoms with Gasteiger partial charge in [-0.3, -0.25) is 14.9 Å². The van der Waals surface area contributed by atoms with E-state index in [1.165, 1.54) is 0 Å². The summed E-state index contributed by atoms with van der Waals surface area (Å²) in [5.41, 5.74) is -2.33. The molecule has 86 valence electrons. The Morgan fingerprint density at radius 3 is 2.56 bits per heavy atom. The summed E-state index contributed by atoms with van der Waals surface area (Å²) in [5.74, 6) is 0. The molecule has 8 heteroatoms. The summed E-state index contributed by atoms with van der Waals surface area (Å²) in [6.45, 7) is 1.12. The lowest BCUT2D eigenvalue weighted by Gasteiger charge is -2.07. The van der Waals surface area contributed by atoms with Crippen molar-refractivity contribution in [3.63, 3.8) is 0 Å². The molecule has 0 amide bonds. The Morgan fingerprint density at radius 2 is 2.19 bits per heavy atom. The van der Waals surface area contributed by atoms with Gasteiger partial charge in [-0.25, -0.2) is 13.8 Å². The second-order valence-electron chi connectivity index (χ2n) is 2.86. The van der Waals surface area contributed by atoms with Crippen LogP contribution in [0.5, 0.6) is 0 Å². The highest BCUT2D eigenvalue weighted by Crippen LogP contribution is 2.31. The van der Waals surface area contributed by atoms with E-state index in [4.69, 9.17) is 11.6 Å². The first-order valence-corrected chi connectivity index (χ1v) is 4.36. The van der Waals surface area contributed by atoms with Crippen molar-refractivity contribution in [1.29, 1.82) is 0 Å². The van der Waals surface area contributed by atoms with Gasteiger partial charge in [0.05, 0.1) is 10.5 Å². The minimum Gasteiger partial charge on any atom is -0.274 e. The Hall–Kier alpha value is -1.63. The number of hydrogen-bond acceptors (Lipinski definition) is 4. The summed E-state index contributed by atoms with van der Waals surface area (Å²) in [6, 6.07) is 0. The predicted octanol–water partition coefficient (Wildman–Crippen LogP) is 2.61. The van der Waals surface area contributed by atoms with Gasteiger partial charge in [0.15, 0.2) is 0 Å². The second kappa shape index (κ2) is 4.48. The summed E-state index contributed by atoms with van der Waals surface area (Å²) >= 11 is 5.05. The van der Waals surface area contributed by atoms with Crippen LogP contribution in [0.25, 0.3) is 0 Å². The molecule has 5 nitrogen and oxygen atoms in total. The van der Waals surface area contributed by atoms with Crippen LogP contribution in [-0.4, -0.2) is 15.1 Å². The van der Waals surface area contributed by atoms with Gasteiger partial charge in [-0.2, -0.15) is 0 Å². The van der Waals surface area contributed by atoms with Crippen LogP contribution in [-0.2, 0) is 0 Å². The van der Waals surface area contributed by atoms with Crippen LogP contribution < -0.4 is 0 Å². The van der Waals surface area contributed by atoms with Crippen LogP contribution in [0.3, 0.4) is 0 Å². The Labute approximate surface area is 93.2 Å². The molecule has 1 heterocycles. The van der Waals surface area contributed by atoms with E-state index < -0.39 is 33.5 Å². The molecule has 0 fully saturated rings. The average Bonchev–Trinajstić information content (AvgIpc) is 2.15. The maximum atomic E-state index is 12.6. The first kappa shape index (κ1) is 12.4. The lowest BCUT2D eigenvalue weighted by molar-refractivity contribution is -0.385. The smallest absolute Gasteiger partial charge is 0.274 e. The fourth-order valence-electron chi connectivity index (χ4n) is 1.22. The standard InChI is InChI=1S/C8H5ClF2N2O3/c1-3-4(13(15)16)2-12-6(7(9)14)5(3)8(10)11/h2,8H,1H3. The third kappa shape index (κ3) is 2.13. The van der Waals surface area contributed by atoms with Gasteiger partial charge in [0.2, 0.25) is 0 Å². The van der Waals surface area contributed by atoms with E-state index in [0.717, 1.165) is 13.1 Å². The number of carbonyl (C=O) groups excluding carboxylic acids is 1. The largest absolute Gasteiger partial charge is 0.290 e. The van der Waals surface area contributed by atoms with Crippen LogP contribution in [0.2, 0.25) is 0 Å². The molecule has 1 aromatic rings. The normalized spacial score (nSPS) is 10.6. The molecule has 1 rings (SSSR count). The summed E-state index contributed by atoms with van der Waals surface area (Å²) in [6.07, 6.45) is -2.32. The molecule has 0 spiro atoms. The Morgan fingerprint density at radius 1 is 1.62 bits per heavy atom. The maximum absolute atomic E-state index is 12.6. The minimum atomic E-state index is -3.05. The van der Waals surface area contributed by atoms with Crippen LogP contribution in [0.4, 0.5) is 14.5 Å². The number of halogens is 3. The first-order valence-electron chi connectivity index (χ1n) is 3.98. The van der Waals surface area contributed by atoms with Gasteiger partial charge in [0, 0.05) is 5.56 Å². The minimum absolute atomic E-state index is 0.306. The van der Waals surface area contributed by atoms with E-state index in [1.807, 2.05) is 0 Å². The number of hydrogen-bond donors (Lipinski definition) is 0. The lowest BCUT2D eigenvalue weighted by Crippen LogP contribution is -2.07. The van der Waals surface area contributed by atoms with Crippen molar-refractivity contribution >= 4 is 22.5 Å². The van der Waals surface area contributed by atoms with Crippen molar-refractivity contribution in [3.05, 3.63) is 33.1 Å². The predicted molar refractivity (Wildman–Crippen MR) is 50.8 cm³/mol. The van der Waals surface area contributed by atoms with Crippen LogP contribution in [0.15, 0.2) is 6.20 Å². The third-order valence-electron chi connectivity index (χ3n) is 1.96. The molecular formula is C8H5ClF2N2O3.